The first kappa shape index (κ1) is 18.1. The van der Waals surface area contributed by atoms with Gasteiger partial charge in [0.25, 0.3) is 0 Å². The summed E-state index contributed by atoms with van der Waals surface area (Å²) < 4.78 is 32.8. The van der Waals surface area contributed by atoms with Crippen LogP contribution >= 0.6 is 15.9 Å². The molecule has 1 aromatic rings. The first-order chi connectivity index (χ1) is 7.84. The Labute approximate surface area is 137 Å². The average molecular weight is 344 g/mol. The first-order valence-corrected chi connectivity index (χ1v) is 7.30. The van der Waals surface area contributed by atoms with Crippen molar-refractivity contribution in [1.29, 1.82) is 0 Å². The second kappa shape index (κ2) is 7.62. The number of alkyl halides is 1. The fourth-order valence-electron chi connectivity index (χ4n) is 1.26. The molecular weight excluding hydrogens is 333 g/mol. The number of amides is 1. The van der Waals surface area contributed by atoms with E-state index in [0.29, 0.717) is 16.6 Å². The monoisotopic (exact) mass is 343 g/mol. The van der Waals surface area contributed by atoms with Gasteiger partial charge in [0.05, 0.1) is 4.90 Å². The van der Waals surface area contributed by atoms with Gasteiger partial charge in [-0.3, -0.25) is 4.79 Å². The van der Waals surface area contributed by atoms with Gasteiger partial charge in [-0.2, -0.15) is 0 Å². The van der Waals surface area contributed by atoms with Crippen molar-refractivity contribution in [3.8, 4) is 0 Å². The number of halogens is 1. The summed E-state index contributed by atoms with van der Waals surface area (Å²) in [5.41, 5.74) is 0.662. The Morgan fingerprint density at radius 3 is 2.56 bits per heavy atom. The Bertz CT molecular complexity index is 533. The zero-order valence-electron chi connectivity index (χ0n) is 10.1. The van der Waals surface area contributed by atoms with Gasteiger partial charge in [0.2, 0.25) is 5.91 Å². The Balaban J connectivity index is 0.00000289. The van der Waals surface area contributed by atoms with Gasteiger partial charge in [-0.05, 0) is 24.6 Å². The molecule has 1 aromatic carbocycles. The minimum absolute atomic E-state index is 0. The second-order valence-corrected chi connectivity index (χ2v) is 5.56. The molecule has 0 saturated heterocycles. The van der Waals surface area contributed by atoms with Crippen LogP contribution in [-0.2, 0) is 14.9 Å². The van der Waals surface area contributed by atoms with Gasteiger partial charge in [-0.15, -0.1) is 0 Å². The summed E-state index contributed by atoms with van der Waals surface area (Å²) in [4.78, 5) is 11.0. The van der Waals surface area contributed by atoms with Crippen molar-refractivity contribution in [2.75, 3.05) is 10.6 Å². The molecule has 5 nitrogen and oxygen atoms in total. The summed E-state index contributed by atoms with van der Waals surface area (Å²) >= 11 is 3.11. The Morgan fingerprint density at radius 2 is 2.06 bits per heavy atom. The molecule has 94 valence electrons. The third-order valence-electron chi connectivity index (χ3n) is 2.06. The Morgan fingerprint density at radius 1 is 1.44 bits per heavy atom. The SMILES string of the molecule is Cc1ccc(NC(=O)CCBr)cc1S(=O)(=O)[O-].[Na+]. The Kier molecular flexibility index (Phi) is 7.65. The van der Waals surface area contributed by atoms with Crippen LogP contribution in [-0.4, -0.2) is 24.2 Å². The topological polar surface area (TPSA) is 86.3 Å². The van der Waals surface area contributed by atoms with E-state index < -0.39 is 10.1 Å². The van der Waals surface area contributed by atoms with Crippen molar-refractivity contribution in [1.82, 2.24) is 0 Å². The minimum Gasteiger partial charge on any atom is -0.744 e. The summed E-state index contributed by atoms with van der Waals surface area (Å²) in [5.74, 6) is -0.250. The van der Waals surface area contributed by atoms with Gasteiger partial charge in [0, 0.05) is 17.4 Å². The van der Waals surface area contributed by atoms with Gasteiger partial charge in [0.15, 0.2) is 0 Å². The van der Waals surface area contributed by atoms with Crippen molar-refractivity contribution < 1.29 is 47.3 Å². The fourth-order valence-corrected chi connectivity index (χ4v) is 2.35. The zero-order valence-corrected chi connectivity index (χ0v) is 14.5. The number of rotatable bonds is 4. The van der Waals surface area contributed by atoms with E-state index in [2.05, 4.69) is 21.2 Å². The number of nitrogens with one attached hydrogen (secondary N) is 1. The van der Waals surface area contributed by atoms with Crippen molar-refractivity contribution in [2.45, 2.75) is 18.2 Å². The average Bonchev–Trinajstić information content (AvgIpc) is 2.19. The van der Waals surface area contributed by atoms with Gasteiger partial charge < -0.3 is 9.87 Å². The van der Waals surface area contributed by atoms with Crippen LogP contribution in [0.15, 0.2) is 23.1 Å². The summed E-state index contributed by atoms with van der Waals surface area (Å²) in [5, 5.41) is 3.02. The summed E-state index contributed by atoms with van der Waals surface area (Å²) in [6, 6.07) is 4.20. The molecule has 0 spiro atoms. The first-order valence-electron chi connectivity index (χ1n) is 4.77. The van der Waals surface area contributed by atoms with Crippen LogP contribution in [0.4, 0.5) is 5.69 Å². The molecule has 0 unspecified atom stereocenters. The molecule has 0 heterocycles. The van der Waals surface area contributed by atoms with E-state index in [1.165, 1.54) is 19.1 Å². The number of aryl methyl sites for hydroxylation is 1. The molecular formula is C10H11BrNNaO4S. The molecule has 0 aliphatic heterocycles. The molecule has 1 rings (SSSR count). The standard InChI is InChI=1S/C10H12BrNO4S.Na/c1-7-2-3-8(12-10(13)4-5-11)6-9(7)17(14,15)16;/h2-3,6H,4-5H2,1H3,(H,12,13)(H,14,15,16);/q;+1/p-1. The molecule has 0 aliphatic carbocycles. The largest absolute Gasteiger partial charge is 1.00 e. The normalized spacial score (nSPS) is 10.6. The third-order valence-corrected chi connectivity index (χ3v) is 3.44. The quantitative estimate of drug-likeness (QED) is 0.415. The second-order valence-electron chi connectivity index (χ2n) is 3.42. The van der Waals surface area contributed by atoms with Crippen LogP contribution in [0.25, 0.3) is 0 Å². The van der Waals surface area contributed by atoms with Crippen LogP contribution in [0, 0.1) is 6.92 Å². The molecule has 0 aromatic heterocycles. The fraction of sp³-hybridized carbons (Fsp3) is 0.300. The predicted octanol–water partition coefficient (Wildman–Crippen LogP) is -1.37. The number of benzene rings is 1. The van der Waals surface area contributed by atoms with E-state index in [-0.39, 0.29) is 46.8 Å². The van der Waals surface area contributed by atoms with Crippen molar-refractivity contribution >= 4 is 37.6 Å². The van der Waals surface area contributed by atoms with Crippen LogP contribution in [0.1, 0.15) is 12.0 Å². The van der Waals surface area contributed by atoms with Crippen LogP contribution < -0.4 is 34.9 Å². The van der Waals surface area contributed by atoms with Gasteiger partial charge in [0.1, 0.15) is 10.1 Å². The molecule has 1 N–H and O–H groups in total. The number of hydrogen-bond donors (Lipinski definition) is 1. The number of anilines is 1. The van der Waals surface area contributed by atoms with Crippen LogP contribution in [0.5, 0.6) is 0 Å². The minimum atomic E-state index is -4.51. The van der Waals surface area contributed by atoms with Crippen molar-refractivity contribution in [3.05, 3.63) is 23.8 Å². The maximum atomic E-state index is 11.3. The molecule has 0 atom stereocenters. The Hall–Kier alpha value is 0.0800. The zero-order chi connectivity index (χ0) is 13.1. The molecule has 0 aliphatic rings. The number of carbonyl (C=O) groups is 1. The molecule has 1 amide bonds. The van der Waals surface area contributed by atoms with E-state index in [1.54, 1.807) is 6.07 Å². The maximum Gasteiger partial charge on any atom is 1.00 e. The molecule has 0 radical (unpaired) electrons. The maximum absolute atomic E-state index is 11.3. The molecule has 8 heteroatoms. The number of hydrogen-bond acceptors (Lipinski definition) is 4. The predicted molar refractivity (Wildman–Crippen MR) is 66.2 cm³/mol. The van der Waals surface area contributed by atoms with E-state index in [9.17, 15) is 17.8 Å². The van der Waals surface area contributed by atoms with Gasteiger partial charge in [-0.1, -0.05) is 22.0 Å². The van der Waals surface area contributed by atoms with E-state index in [0.717, 1.165) is 0 Å². The smallest absolute Gasteiger partial charge is 0.744 e. The molecule has 0 fully saturated rings. The van der Waals surface area contributed by atoms with E-state index >= 15 is 0 Å². The third kappa shape index (κ3) is 5.38. The molecule has 18 heavy (non-hydrogen) atoms. The number of carbonyl (C=O) groups excluding carboxylic acids is 1. The van der Waals surface area contributed by atoms with Crippen LogP contribution in [0.3, 0.4) is 0 Å². The van der Waals surface area contributed by atoms with Gasteiger partial charge in [-0.25, -0.2) is 8.42 Å². The molecule has 0 saturated carbocycles. The summed E-state index contributed by atoms with van der Waals surface area (Å²) in [7, 11) is -4.51. The summed E-state index contributed by atoms with van der Waals surface area (Å²) in [6.45, 7) is 1.52. The van der Waals surface area contributed by atoms with Crippen molar-refractivity contribution in [2.24, 2.45) is 0 Å². The van der Waals surface area contributed by atoms with E-state index in [4.69, 9.17) is 0 Å². The van der Waals surface area contributed by atoms with Crippen molar-refractivity contribution in [3.63, 3.8) is 0 Å². The van der Waals surface area contributed by atoms with E-state index in [1.807, 2.05) is 0 Å². The molecule has 0 bridgehead atoms. The van der Waals surface area contributed by atoms with Crippen LogP contribution in [0.2, 0.25) is 0 Å². The van der Waals surface area contributed by atoms with Gasteiger partial charge >= 0.3 is 29.6 Å². The summed E-state index contributed by atoms with van der Waals surface area (Å²) in [6.07, 6.45) is 0.271.